The third kappa shape index (κ3) is 2.73. The molecule has 0 bridgehead atoms. The lowest BCUT2D eigenvalue weighted by atomic mass is 10.1. The zero-order chi connectivity index (χ0) is 11.4. The fourth-order valence-electron chi connectivity index (χ4n) is 1.36. The van der Waals surface area contributed by atoms with E-state index in [-0.39, 0.29) is 5.78 Å². The van der Waals surface area contributed by atoms with Gasteiger partial charge < -0.3 is 0 Å². The van der Waals surface area contributed by atoms with Crippen molar-refractivity contribution < 1.29 is 9.18 Å². The Morgan fingerprint density at radius 3 is 2.88 bits per heavy atom. The summed E-state index contributed by atoms with van der Waals surface area (Å²) in [6, 6.07) is 6.63. The lowest BCUT2D eigenvalue weighted by Gasteiger charge is -1.98. The maximum absolute atomic E-state index is 12.6. The molecular weight excluding hydrogens is 225 g/mol. The van der Waals surface area contributed by atoms with Gasteiger partial charge in [0, 0.05) is 11.3 Å². The van der Waals surface area contributed by atoms with Gasteiger partial charge in [-0.15, -0.1) is 11.3 Å². The van der Waals surface area contributed by atoms with E-state index >= 15 is 0 Å². The third-order valence-corrected chi connectivity index (χ3v) is 3.13. The smallest absolute Gasteiger partial charge is 0.181 e. The number of carbonyl (C=O) groups excluding carboxylic acids is 1. The molecule has 0 aromatic carbocycles. The maximum Gasteiger partial charge on any atom is 0.181 e. The Morgan fingerprint density at radius 1 is 1.38 bits per heavy atom. The minimum atomic E-state index is -0.421. The molecular formula is C12H10FNOS. The normalized spacial score (nSPS) is 10.3. The predicted molar refractivity (Wildman–Crippen MR) is 61.2 cm³/mol. The molecule has 0 spiro atoms. The number of aryl methyl sites for hydroxylation is 1. The molecule has 0 aliphatic heterocycles. The zero-order valence-corrected chi connectivity index (χ0v) is 9.34. The van der Waals surface area contributed by atoms with Crippen LogP contribution in [0.4, 0.5) is 4.39 Å². The van der Waals surface area contributed by atoms with E-state index in [0.717, 1.165) is 12.6 Å². The second-order valence-corrected chi connectivity index (χ2v) is 4.40. The van der Waals surface area contributed by atoms with Crippen molar-refractivity contribution in [2.75, 3.05) is 0 Å². The number of carbonyl (C=O) groups is 1. The van der Waals surface area contributed by atoms with Crippen molar-refractivity contribution in [1.29, 1.82) is 0 Å². The summed E-state index contributed by atoms with van der Waals surface area (Å²) in [5.74, 6) is -0.469. The van der Waals surface area contributed by atoms with Gasteiger partial charge in [0.15, 0.2) is 5.78 Å². The van der Waals surface area contributed by atoms with Gasteiger partial charge >= 0.3 is 0 Å². The number of Topliss-reactive ketones (excluding diaryl/α,β-unsaturated/α-hetero) is 1. The third-order valence-electron chi connectivity index (χ3n) is 2.19. The van der Waals surface area contributed by atoms with Gasteiger partial charge in [0.25, 0.3) is 0 Å². The Hall–Kier alpha value is -1.55. The van der Waals surface area contributed by atoms with Crippen molar-refractivity contribution >= 4 is 17.1 Å². The number of hydrogen-bond acceptors (Lipinski definition) is 3. The van der Waals surface area contributed by atoms with E-state index < -0.39 is 5.82 Å². The van der Waals surface area contributed by atoms with E-state index in [0.29, 0.717) is 12.1 Å². The van der Waals surface area contributed by atoms with Gasteiger partial charge in [-0.1, -0.05) is 6.07 Å². The van der Waals surface area contributed by atoms with E-state index in [9.17, 15) is 9.18 Å². The van der Waals surface area contributed by atoms with Crippen molar-refractivity contribution in [1.82, 2.24) is 4.98 Å². The van der Waals surface area contributed by atoms with Crippen molar-refractivity contribution in [3.8, 4) is 0 Å². The van der Waals surface area contributed by atoms with Gasteiger partial charge in [-0.05, 0) is 30.0 Å². The highest BCUT2D eigenvalue weighted by molar-refractivity contribution is 7.09. The van der Waals surface area contributed by atoms with Crippen molar-refractivity contribution in [3.05, 3.63) is 52.2 Å². The molecule has 2 heterocycles. The molecule has 2 nitrogen and oxygen atoms in total. The molecule has 0 saturated heterocycles. The van der Waals surface area contributed by atoms with Crippen LogP contribution in [0.2, 0.25) is 0 Å². The fraction of sp³-hybridized carbons (Fsp3) is 0.167. The average molecular weight is 235 g/mol. The molecule has 0 saturated carbocycles. The van der Waals surface area contributed by atoms with Crippen LogP contribution in [0.5, 0.6) is 0 Å². The number of hydrogen-bond donors (Lipinski definition) is 0. The first-order chi connectivity index (χ1) is 7.75. The fourth-order valence-corrected chi connectivity index (χ4v) is 2.07. The molecule has 2 rings (SSSR count). The van der Waals surface area contributed by atoms with Crippen LogP contribution in [-0.2, 0) is 6.42 Å². The minimum Gasteiger partial charge on any atom is -0.292 e. The zero-order valence-electron chi connectivity index (χ0n) is 8.52. The largest absolute Gasteiger partial charge is 0.292 e. The SMILES string of the molecule is O=C(CCc1cccs1)c1ccc(F)cn1. The van der Waals surface area contributed by atoms with Crippen LogP contribution in [0.25, 0.3) is 0 Å². The molecule has 0 fully saturated rings. The molecule has 0 radical (unpaired) electrons. The van der Waals surface area contributed by atoms with E-state index in [1.165, 1.54) is 17.0 Å². The first-order valence-corrected chi connectivity index (χ1v) is 5.81. The van der Waals surface area contributed by atoms with Gasteiger partial charge in [-0.2, -0.15) is 0 Å². The van der Waals surface area contributed by atoms with Crippen LogP contribution in [0.1, 0.15) is 21.8 Å². The van der Waals surface area contributed by atoms with E-state index in [1.807, 2.05) is 17.5 Å². The number of halogens is 1. The van der Waals surface area contributed by atoms with E-state index in [1.54, 1.807) is 11.3 Å². The number of aromatic nitrogens is 1. The lowest BCUT2D eigenvalue weighted by Crippen LogP contribution is -2.03. The Bertz CT molecular complexity index is 464. The maximum atomic E-state index is 12.6. The average Bonchev–Trinajstić information content (AvgIpc) is 2.80. The van der Waals surface area contributed by atoms with E-state index in [4.69, 9.17) is 0 Å². The molecule has 0 atom stereocenters. The molecule has 0 amide bonds. The van der Waals surface area contributed by atoms with Crippen LogP contribution < -0.4 is 0 Å². The summed E-state index contributed by atoms with van der Waals surface area (Å²) >= 11 is 1.63. The van der Waals surface area contributed by atoms with Crippen LogP contribution in [0.15, 0.2) is 35.8 Å². The standard InChI is InChI=1S/C12H10FNOS/c13-9-3-5-11(14-8-9)12(15)6-4-10-2-1-7-16-10/h1-3,5,7-8H,4,6H2. The second kappa shape index (κ2) is 4.99. The Kier molecular flexibility index (Phi) is 3.41. The monoisotopic (exact) mass is 235 g/mol. The first-order valence-electron chi connectivity index (χ1n) is 4.93. The summed E-state index contributed by atoms with van der Waals surface area (Å²) in [6.45, 7) is 0. The van der Waals surface area contributed by atoms with Crippen molar-refractivity contribution in [3.63, 3.8) is 0 Å². The Balaban J connectivity index is 1.95. The van der Waals surface area contributed by atoms with Gasteiger partial charge in [-0.3, -0.25) is 9.78 Å². The number of nitrogens with zero attached hydrogens (tertiary/aromatic N) is 1. The van der Waals surface area contributed by atoms with Crippen molar-refractivity contribution in [2.24, 2.45) is 0 Å². The highest BCUT2D eigenvalue weighted by atomic mass is 32.1. The summed E-state index contributed by atoms with van der Waals surface area (Å²) in [7, 11) is 0. The molecule has 2 aromatic heterocycles. The number of rotatable bonds is 4. The molecule has 0 aliphatic rings. The van der Waals surface area contributed by atoms with Crippen LogP contribution >= 0.6 is 11.3 Å². The van der Waals surface area contributed by atoms with Gasteiger partial charge in [0.05, 0.1) is 6.20 Å². The Labute approximate surface area is 96.8 Å². The van der Waals surface area contributed by atoms with Gasteiger partial charge in [0.1, 0.15) is 11.5 Å². The molecule has 4 heteroatoms. The molecule has 82 valence electrons. The van der Waals surface area contributed by atoms with Crippen molar-refractivity contribution in [2.45, 2.75) is 12.8 Å². The molecule has 16 heavy (non-hydrogen) atoms. The van der Waals surface area contributed by atoms with Crippen LogP contribution in [0.3, 0.4) is 0 Å². The lowest BCUT2D eigenvalue weighted by molar-refractivity contribution is 0.0978. The first kappa shape index (κ1) is 11.0. The molecule has 0 unspecified atom stereocenters. The van der Waals surface area contributed by atoms with E-state index in [2.05, 4.69) is 4.98 Å². The molecule has 2 aromatic rings. The summed E-state index contributed by atoms with van der Waals surface area (Å²) < 4.78 is 12.6. The highest BCUT2D eigenvalue weighted by Crippen LogP contribution is 2.12. The topological polar surface area (TPSA) is 30.0 Å². The number of pyridine rings is 1. The minimum absolute atomic E-state index is 0.0478. The molecule has 0 aliphatic carbocycles. The molecule has 0 N–H and O–H groups in total. The number of ketones is 1. The van der Waals surface area contributed by atoms with Gasteiger partial charge in [-0.25, -0.2) is 4.39 Å². The summed E-state index contributed by atoms with van der Waals surface area (Å²) in [4.78, 5) is 16.6. The quantitative estimate of drug-likeness (QED) is 0.762. The summed E-state index contributed by atoms with van der Waals surface area (Å²) in [5.41, 5.74) is 0.331. The second-order valence-electron chi connectivity index (χ2n) is 3.36. The number of thiophene rings is 1. The Morgan fingerprint density at radius 2 is 2.25 bits per heavy atom. The van der Waals surface area contributed by atoms with Crippen LogP contribution in [0, 0.1) is 5.82 Å². The highest BCUT2D eigenvalue weighted by Gasteiger charge is 2.07. The predicted octanol–water partition coefficient (Wildman–Crippen LogP) is 3.10. The summed E-state index contributed by atoms with van der Waals surface area (Å²) in [6.07, 6.45) is 2.20. The van der Waals surface area contributed by atoms with Crippen LogP contribution in [-0.4, -0.2) is 10.8 Å². The van der Waals surface area contributed by atoms with Gasteiger partial charge in [0.2, 0.25) is 0 Å². The summed E-state index contributed by atoms with van der Waals surface area (Å²) in [5, 5.41) is 1.98.